The summed E-state index contributed by atoms with van der Waals surface area (Å²) in [6.45, 7) is 0. The largest absolute Gasteiger partial charge is 0.349 e. The molecule has 2 atom stereocenters. The number of carbonyl (C=O) groups excluding carboxylic acids is 2. The number of hydrogen-bond acceptors (Lipinski definition) is 4. The van der Waals surface area contributed by atoms with Crippen LogP contribution in [0.2, 0.25) is 0 Å². The first-order chi connectivity index (χ1) is 7.81. The normalized spacial score (nSPS) is 36.1. The molecule has 0 saturated carbocycles. The Morgan fingerprint density at radius 2 is 1.24 bits per heavy atom. The van der Waals surface area contributed by atoms with E-state index in [1.807, 2.05) is 0 Å². The van der Waals surface area contributed by atoms with Crippen molar-refractivity contribution >= 4 is 59.0 Å². The van der Waals surface area contributed by atoms with E-state index in [0.717, 1.165) is 0 Å². The summed E-state index contributed by atoms with van der Waals surface area (Å²) >= 11 is 23.8. The van der Waals surface area contributed by atoms with Crippen molar-refractivity contribution in [3.8, 4) is 0 Å². The average molecular weight is 322 g/mol. The van der Waals surface area contributed by atoms with Gasteiger partial charge in [-0.1, -0.05) is 46.4 Å². The van der Waals surface area contributed by atoms with Gasteiger partial charge in [0.25, 0.3) is 0 Å². The summed E-state index contributed by atoms with van der Waals surface area (Å²) in [4.78, 5) is 18.4. The molecule has 0 N–H and O–H groups in total. The molecule has 4 nitrogen and oxygen atoms in total. The third kappa shape index (κ3) is 1.52. The summed E-state index contributed by atoms with van der Waals surface area (Å²) in [5.74, 6) is -2.01. The lowest BCUT2D eigenvalue weighted by atomic mass is 9.94. The van der Waals surface area contributed by atoms with E-state index < -0.39 is 15.5 Å². The van der Waals surface area contributed by atoms with E-state index in [2.05, 4.69) is 0 Å². The second-order valence-electron chi connectivity index (χ2n) is 3.31. The van der Waals surface area contributed by atoms with E-state index in [4.69, 9.17) is 55.9 Å². The Balaban J connectivity index is 3.66. The third-order valence-electron chi connectivity index (χ3n) is 2.69. The first-order valence-corrected chi connectivity index (χ1v) is 5.79. The Labute approximate surface area is 118 Å². The molecule has 0 aliphatic heterocycles. The maximum absolute atomic E-state index is 11.2. The van der Waals surface area contributed by atoms with E-state index >= 15 is 0 Å². The molecule has 0 saturated heterocycles. The van der Waals surface area contributed by atoms with Crippen molar-refractivity contribution < 1.29 is 19.1 Å². The number of alkyl halides is 2. The van der Waals surface area contributed by atoms with Crippen LogP contribution in [-0.2, 0) is 19.1 Å². The standard InChI is InChI=1S/C9H8Cl4O4/c1-16-9(17-2)7(12,3-14)5(10)6(11)8(9,13)4-15/h3-4H,1-2H3. The highest BCUT2D eigenvalue weighted by atomic mass is 35.5. The summed E-state index contributed by atoms with van der Waals surface area (Å²) in [5, 5.41) is -0.608. The lowest BCUT2D eigenvalue weighted by Crippen LogP contribution is -2.63. The van der Waals surface area contributed by atoms with Crippen molar-refractivity contribution in [3.63, 3.8) is 0 Å². The van der Waals surface area contributed by atoms with Crippen LogP contribution in [0.4, 0.5) is 0 Å². The van der Waals surface area contributed by atoms with Gasteiger partial charge in [0.05, 0.1) is 10.1 Å². The fourth-order valence-electron chi connectivity index (χ4n) is 1.81. The second kappa shape index (κ2) is 4.68. The average Bonchev–Trinajstić information content (AvgIpc) is 2.48. The molecule has 8 heteroatoms. The van der Waals surface area contributed by atoms with Crippen LogP contribution >= 0.6 is 46.4 Å². The molecule has 0 fully saturated rings. The van der Waals surface area contributed by atoms with Crippen LogP contribution in [0, 0.1) is 0 Å². The van der Waals surface area contributed by atoms with Gasteiger partial charge in [-0.2, -0.15) is 0 Å². The van der Waals surface area contributed by atoms with Crippen molar-refractivity contribution in [1.29, 1.82) is 0 Å². The number of rotatable bonds is 4. The van der Waals surface area contributed by atoms with Crippen LogP contribution in [-0.4, -0.2) is 42.3 Å². The van der Waals surface area contributed by atoms with Gasteiger partial charge >= 0.3 is 0 Å². The van der Waals surface area contributed by atoms with E-state index in [9.17, 15) is 9.59 Å². The van der Waals surface area contributed by atoms with Gasteiger partial charge in [-0.3, -0.25) is 0 Å². The van der Waals surface area contributed by atoms with Crippen LogP contribution in [0.3, 0.4) is 0 Å². The first-order valence-electron chi connectivity index (χ1n) is 4.28. The van der Waals surface area contributed by atoms with Gasteiger partial charge in [0.15, 0.2) is 22.3 Å². The lowest BCUT2D eigenvalue weighted by Gasteiger charge is -2.41. The van der Waals surface area contributed by atoms with Gasteiger partial charge in [0.1, 0.15) is 0 Å². The summed E-state index contributed by atoms with van der Waals surface area (Å²) in [7, 11) is 2.34. The molecule has 17 heavy (non-hydrogen) atoms. The molecule has 0 amide bonds. The number of methoxy groups -OCH3 is 2. The molecule has 0 aromatic carbocycles. The van der Waals surface area contributed by atoms with Crippen LogP contribution in [0.1, 0.15) is 0 Å². The maximum Gasteiger partial charge on any atom is 0.231 e. The summed E-state index contributed by atoms with van der Waals surface area (Å²) in [6.07, 6.45) is 0.528. The van der Waals surface area contributed by atoms with Gasteiger partial charge in [-0.25, -0.2) is 0 Å². The van der Waals surface area contributed by atoms with E-state index in [0.29, 0.717) is 0 Å². The van der Waals surface area contributed by atoms with Crippen molar-refractivity contribution in [3.05, 3.63) is 10.1 Å². The highest BCUT2D eigenvalue weighted by Crippen LogP contribution is 2.59. The molecule has 0 aromatic rings. The van der Waals surface area contributed by atoms with Crippen LogP contribution in [0.25, 0.3) is 0 Å². The number of halogens is 4. The van der Waals surface area contributed by atoms with E-state index in [1.54, 1.807) is 0 Å². The molecule has 2 unspecified atom stereocenters. The molecular formula is C9H8Cl4O4. The molecule has 1 aliphatic carbocycles. The van der Waals surface area contributed by atoms with Crippen molar-refractivity contribution in [1.82, 2.24) is 0 Å². The van der Waals surface area contributed by atoms with Crippen LogP contribution < -0.4 is 0 Å². The van der Waals surface area contributed by atoms with Crippen LogP contribution in [0.15, 0.2) is 10.1 Å². The smallest absolute Gasteiger partial charge is 0.231 e. The Bertz CT molecular complexity index is 360. The fourth-order valence-corrected chi connectivity index (χ4v) is 3.39. The molecular weight excluding hydrogens is 314 g/mol. The van der Waals surface area contributed by atoms with E-state index in [-0.39, 0.29) is 22.6 Å². The molecule has 0 heterocycles. The zero-order valence-electron chi connectivity index (χ0n) is 8.80. The molecule has 0 radical (unpaired) electrons. The van der Waals surface area contributed by atoms with Crippen LogP contribution in [0.5, 0.6) is 0 Å². The second-order valence-corrected chi connectivity index (χ2v) is 5.26. The number of hydrogen-bond donors (Lipinski definition) is 0. The zero-order valence-corrected chi connectivity index (χ0v) is 11.8. The van der Waals surface area contributed by atoms with Gasteiger partial charge in [0, 0.05) is 14.2 Å². The summed E-state index contributed by atoms with van der Waals surface area (Å²) < 4.78 is 10.1. The van der Waals surface area contributed by atoms with E-state index in [1.165, 1.54) is 14.2 Å². The summed E-state index contributed by atoms with van der Waals surface area (Å²) in [6, 6.07) is 0. The Hall–Kier alpha value is 0.160. The Morgan fingerprint density at radius 3 is 1.41 bits per heavy atom. The monoisotopic (exact) mass is 320 g/mol. The predicted octanol–water partition coefficient (Wildman–Crippen LogP) is 2.03. The van der Waals surface area contributed by atoms with Gasteiger partial charge in [-0.15, -0.1) is 0 Å². The maximum atomic E-state index is 11.2. The zero-order chi connectivity index (χ0) is 13.5. The fraction of sp³-hybridized carbons (Fsp3) is 0.556. The third-order valence-corrected chi connectivity index (χ3v) is 5.01. The number of carbonyl (C=O) groups is 2. The highest BCUT2D eigenvalue weighted by molar-refractivity contribution is 6.56. The number of ether oxygens (including phenoxy) is 2. The molecule has 1 aliphatic rings. The van der Waals surface area contributed by atoms with Gasteiger partial charge in [-0.05, 0) is 0 Å². The minimum Gasteiger partial charge on any atom is -0.349 e. The minimum absolute atomic E-state index is 0.264. The molecule has 0 aromatic heterocycles. The van der Waals surface area contributed by atoms with Crippen molar-refractivity contribution in [2.24, 2.45) is 0 Å². The topological polar surface area (TPSA) is 52.6 Å². The van der Waals surface area contributed by atoms with Crippen molar-refractivity contribution in [2.75, 3.05) is 14.2 Å². The molecule has 0 spiro atoms. The Morgan fingerprint density at radius 1 is 0.941 bits per heavy atom. The first kappa shape index (κ1) is 15.2. The lowest BCUT2D eigenvalue weighted by molar-refractivity contribution is -0.222. The van der Waals surface area contributed by atoms with Crippen molar-refractivity contribution in [2.45, 2.75) is 15.5 Å². The Kier molecular flexibility index (Phi) is 4.19. The summed E-state index contributed by atoms with van der Waals surface area (Å²) in [5.41, 5.74) is 0. The van der Waals surface area contributed by atoms with Gasteiger partial charge in [0.2, 0.25) is 5.79 Å². The molecule has 0 bridgehead atoms. The van der Waals surface area contributed by atoms with Gasteiger partial charge < -0.3 is 19.1 Å². The quantitative estimate of drug-likeness (QED) is 0.451. The SMILES string of the molecule is COC1(OC)C(Cl)(C=O)C(Cl)=C(Cl)C1(Cl)C=O. The minimum atomic E-state index is -2.01. The highest BCUT2D eigenvalue weighted by Gasteiger charge is 2.73. The predicted molar refractivity (Wildman–Crippen MR) is 64.8 cm³/mol. The molecule has 96 valence electrons. The number of aldehydes is 2. The molecule has 1 rings (SSSR count).